The SMILES string of the molecule is COc1ccc2sc(N(CCN3CCOCC3)C(=O)C3CCC3)nc2c1. The second-order valence-electron chi connectivity index (χ2n) is 6.90. The van der Waals surface area contributed by atoms with E-state index in [0.29, 0.717) is 6.54 Å². The summed E-state index contributed by atoms with van der Waals surface area (Å²) in [6, 6.07) is 5.89. The predicted octanol–water partition coefficient (Wildman–Crippen LogP) is 2.77. The van der Waals surface area contributed by atoms with Crippen molar-refractivity contribution in [2.24, 2.45) is 5.92 Å². The van der Waals surface area contributed by atoms with Gasteiger partial charge in [-0.05, 0) is 25.0 Å². The maximum atomic E-state index is 13.0. The van der Waals surface area contributed by atoms with E-state index >= 15 is 0 Å². The lowest BCUT2D eigenvalue weighted by molar-refractivity contribution is -0.124. The van der Waals surface area contributed by atoms with Gasteiger partial charge in [0.1, 0.15) is 5.75 Å². The van der Waals surface area contributed by atoms with Crippen LogP contribution < -0.4 is 9.64 Å². The number of rotatable bonds is 6. The number of thiazole rings is 1. The maximum absolute atomic E-state index is 13.0. The van der Waals surface area contributed by atoms with Crippen LogP contribution in [0.5, 0.6) is 5.75 Å². The molecule has 1 aliphatic carbocycles. The lowest BCUT2D eigenvalue weighted by Crippen LogP contribution is -2.45. The highest BCUT2D eigenvalue weighted by atomic mass is 32.1. The van der Waals surface area contributed by atoms with Crippen LogP contribution in [0.3, 0.4) is 0 Å². The molecule has 4 rings (SSSR count). The van der Waals surface area contributed by atoms with Crippen LogP contribution in [0.4, 0.5) is 5.13 Å². The summed E-state index contributed by atoms with van der Waals surface area (Å²) in [4.78, 5) is 22.0. The zero-order valence-electron chi connectivity index (χ0n) is 15.1. The van der Waals surface area contributed by atoms with Gasteiger partial charge in [-0.3, -0.25) is 14.6 Å². The normalized spacial score (nSPS) is 18.7. The van der Waals surface area contributed by atoms with Crippen molar-refractivity contribution < 1.29 is 14.3 Å². The minimum absolute atomic E-state index is 0.168. The number of morpholine rings is 1. The topological polar surface area (TPSA) is 54.9 Å². The molecule has 0 N–H and O–H groups in total. The first kappa shape index (κ1) is 17.7. The molecule has 2 aromatic rings. The molecule has 1 aromatic carbocycles. The van der Waals surface area contributed by atoms with E-state index in [-0.39, 0.29) is 11.8 Å². The predicted molar refractivity (Wildman–Crippen MR) is 103 cm³/mol. The standard InChI is InChI=1S/C19H25N3O3S/c1-24-15-5-6-17-16(13-15)20-19(26-17)22(18(23)14-3-2-4-14)8-7-21-9-11-25-12-10-21/h5-6,13-14H,2-4,7-12H2,1H3. The van der Waals surface area contributed by atoms with Crippen molar-refractivity contribution in [3.05, 3.63) is 18.2 Å². The van der Waals surface area contributed by atoms with Crippen LogP contribution >= 0.6 is 11.3 Å². The Balaban J connectivity index is 1.55. The summed E-state index contributed by atoms with van der Waals surface area (Å²) in [5.41, 5.74) is 0.891. The summed E-state index contributed by atoms with van der Waals surface area (Å²) >= 11 is 1.59. The Morgan fingerprint density at radius 1 is 1.38 bits per heavy atom. The van der Waals surface area contributed by atoms with Gasteiger partial charge in [0.2, 0.25) is 5.91 Å². The molecule has 1 saturated carbocycles. The van der Waals surface area contributed by atoms with Gasteiger partial charge in [-0.1, -0.05) is 17.8 Å². The molecule has 1 saturated heterocycles. The molecule has 1 aromatic heterocycles. The summed E-state index contributed by atoms with van der Waals surface area (Å²) in [6.45, 7) is 4.97. The fourth-order valence-electron chi connectivity index (χ4n) is 3.38. The molecule has 0 bridgehead atoms. The molecule has 6 nitrogen and oxygen atoms in total. The van der Waals surface area contributed by atoms with Crippen molar-refractivity contribution in [3.8, 4) is 5.75 Å². The molecular weight excluding hydrogens is 350 g/mol. The molecule has 0 spiro atoms. The van der Waals surface area contributed by atoms with Gasteiger partial charge in [0, 0.05) is 38.2 Å². The summed E-state index contributed by atoms with van der Waals surface area (Å²) in [5, 5.41) is 0.804. The van der Waals surface area contributed by atoms with E-state index in [1.54, 1.807) is 18.4 Å². The summed E-state index contributed by atoms with van der Waals surface area (Å²) < 4.78 is 11.8. The van der Waals surface area contributed by atoms with Gasteiger partial charge in [0.05, 0.1) is 30.5 Å². The highest BCUT2D eigenvalue weighted by molar-refractivity contribution is 7.22. The van der Waals surface area contributed by atoms with E-state index in [9.17, 15) is 4.79 Å². The fraction of sp³-hybridized carbons (Fsp3) is 0.579. The number of amides is 1. The zero-order valence-corrected chi connectivity index (χ0v) is 16.0. The van der Waals surface area contributed by atoms with Gasteiger partial charge < -0.3 is 9.47 Å². The number of hydrogen-bond donors (Lipinski definition) is 0. The van der Waals surface area contributed by atoms with Crippen LogP contribution in [-0.4, -0.2) is 62.3 Å². The number of methoxy groups -OCH3 is 1. The summed E-state index contributed by atoms with van der Waals surface area (Å²) in [5.74, 6) is 1.19. The first-order chi connectivity index (χ1) is 12.7. The highest BCUT2D eigenvalue weighted by Crippen LogP contribution is 2.34. The maximum Gasteiger partial charge on any atom is 0.231 e. The van der Waals surface area contributed by atoms with Crippen LogP contribution in [0.15, 0.2) is 18.2 Å². The minimum Gasteiger partial charge on any atom is -0.497 e. The van der Waals surface area contributed by atoms with Crippen LogP contribution in [0.2, 0.25) is 0 Å². The average Bonchev–Trinajstić information content (AvgIpc) is 3.04. The van der Waals surface area contributed by atoms with Gasteiger partial charge in [0.25, 0.3) is 0 Å². The first-order valence-corrected chi connectivity index (χ1v) is 10.1. The average molecular weight is 375 g/mol. The lowest BCUT2D eigenvalue weighted by Gasteiger charge is -2.33. The third-order valence-electron chi connectivity index (χ3n) is 5.28. The quantitative estimate of drug-likeness (QED) is 0.777. The van der Waals surface area contributed by atoms with Crippen LogP contribution in [0.25, 0.3) is 10.2 Å². The highest BCUT2D eigenvalue weighted by Gasteiger charge is 2.32. The van der Waals surface area contributed by atoms with Gasteiger partial charge in [0.15, 0.2) is 5.13 Å². The Morgan fingerprint density at radius 3 is 2.88 bits per heavy atom. The summed E-state index contributed by atoms with van der Waals surface area (Å²) in [6.07, 6.45) is 3.17. The van der Waals surface area contributed by atoms with Crippen molar-refractivity contribution in [2.75, 3.05) is 51.4 Å². The van der Waals surface area contributed by atoms with Gasteiger partial charge in [-0.2, -0.15) is 0 Å². The molecule has 26 heavy (non-hydrogen) atoms. The van der Waals surface area contributed by atoms with Crippen molar-refractivity contribution >= 4 is 32.6 Å². The second kappa shape index (κ2) is 7.90. The number of ether oxygens (including phenoxy) is 2. The molecule has 1 amide bonds. The molecule has 140 valence electrons. The molecule has 2 aliphatic rings. The van der Waals surface area contributed by atoms with E-state index in [1.807, 2.05) is 23.1 Å². The van der Waals surface area contributed by atoms with E-state index in [4.69, 9.17) is 14.5 Å². The van der Waals surface area contributed by atoms with E-state index < -0.39 is 0 Å². The van der Waals surface area contributed by atoms with Gasteiger partial charge in [-0.25, -0.2) is 4.98 Å². The molecule has 0 radical (unpaired) electrons. The van der Waals surface area contributed by atoms with Gasteiger partial charge >= 0.3 is 0 Å². The van der Waals surface area contributed by atoms with Crippen molar-refractivity contribution in [1.82, 2.24) is 9.88 Å². The van der Waals surface area contributed by atoms with Crippen LogP contribution in [0.1, 0.15) is 19.3 Å². The molecule has 2 heterocycles. The number of nitrogens with zero attached hydrogens (tertiary/aromatic N) is 3. The molecule has 1 aliphatic heterocycles. The van der Waals surface area contributed by atoms with E-state index in [1.165, 1.54) is 0 Å². The van der Waals surface area contributed by atoms with Crippen LogP contribution in [-0.2, 0) is 9.53 Å². The Morgan fingerprint density at radius 2 is 2.19 bits per heavy atom. The van der Waals surface area contributed by atoms with Crippen molar-refractivity contribution in [1.29, 1.82) is 0 Å². The number of fused-ring (bicyclic) bond motifs is 1. The molecule has 0 atom stereocenters. The Bertz CT molecular complexity index is 768. The number of carbonyl (C=O) groups is 1. The summed E-state index contributed by atoms with van der Waals surface area (Å²) in [7, 11) is 1.66. The van der Waals surface area contributed by atoms with Gasteiger partial charge in [-0.15, -0.1) is 0 Å². The Hall–Kier alpha value is -1.70. The van der Waals surface area contributed by atoms with Crippen LogP contribution in [0, 0.1) is 5.92 Å². The number of aromatic nitrogens is 1. The third-order valence-corrected chi connectivity index (χ3v) is 6.34. The number of carbonyl (C=O) groups excluding carboxylic acids is 1. The number of hydrogen-bond acceptors (Lipinski definition) is 6. The van der Waals surface area contributed by atoms with E-state index in [2.05, 4.69) is 4.90 Å². The second-order valence-corrected chi connectivity index (χ2v) is 7.91. The Labute approximate surface area is 157 Å². The molecular formula is C19H25N3O3S. The minimum atomic E-state index is 0.168. The lowest BCUT2D eigenvalue weighted by atomic mass is 9.84. The molecule has 2 fully saturated rings. The number of anilines is 1. The monoisotopic (exact) mass is 375 g/mol. The molecule has 0 unspecified atom stereocenters. The third kappa shape index (κ3) is 3.70. The Kier molecular flexibility index (Phi) is 5.38. The first-order valence-electron chi connectivity index (χ1n) is 9.30. The largest absolute Gasteiger partial charge is 0.497 e. The zero-order chi connectivity index (χ0) is 17.9. The molecule has 7 heteroatoms. The van der Waals surface area contributed by atoms with Crippen molar-refractivity contribution in [2.45, 2.75) is 19.3 Å². The van der Waals surface area contributed by atoms with E-state index in [0.717, 1.165) is 73.2 Å². The number of benzene rings is 1. The smallest absolute Gasteiger partial charge is 0.231 e. The fourth-order valence-corrected chi connectivity index (χ4v) is 4.36. The van der Waals surface area contributed by atoms with Crippen molar-refractivity contribution in [3.63, 3.8) is 0 Å².